The Kier molecular flexibility index (Phi) is 34.3. The summed E-state index contributed by atoms with van der Waals surface area (Å²) >= 11 is 14.1. The van der Waals surface area contributed by atoms with Crippen LogP contribution in [-0.4, -0.2) is 231 Å². The lowest BCUT2D eigenvalue weighted by atomic mass is 9.89. The van der Waals surface area contributed by atoms with Crippen molar-refractivity contribution in [2.75, 3.05) is 173 Å². The van der Waals surface area contributed by atoms with Crippen LogP contribution >= 0.6 is 42.4 Å². The number of fused-ring (bicyclic) bond motifs is 6. The van der Waals surface area contributed by atoms with Crippen molar-refractivity contribution in [3.8, 4) is 11.5 Å². The van der Waals surface area contributed by atoms with Crippen LogP contribution in [0.25, 0.3) is 21.5 Å². The lowest BCUT2D eigenvalue weighted by Gasteiger charge is -2.25. The Morgan fingerprint density at radius 3 is 1.67 bits per heavy atom. The SMILES string of the molecule is COCCN(CCN(C)C(=O)OCc1ccc(NC(=O)[C@H](CCCNC(N)=O)CC(=O)[C@@H](NC(=O)CCOCCOCCOCCOCCOCCOCCN)C(C)C)cc1)C(=O)Oc1cc2c(c3ccccc13)[C@H](CCl)CN2C(=O)c1ccc(C(=O)N2C[C@@H](CCl)c3c2cc(OP(=O)(O)O)c2ccccc32)s1. The highest BCUT2D eigenvalue weighted by Gasteiger charge is 2.40. The van der Waals surface area contributed by atoms with E-state index in [4.69, 9.17) is 81.8 Å². The molecule has 0 aliphatic carbocycles. The number of phosphoric acid groups is 1. The molecule has 8 rings (SSSR count). The molecule has 0 unspecified atom stereocenters. The van der Waals surface area contributed by atoms with Crippen molar-refractivity contribution in [3.63, 3.8) is 0 Å². The van der Waals surface area contributed by atoms with Crippen LogP contribution in [0, 0.1) is 11.8 Å². The summed E-state index contributed by atoms with van der Waals surface area (Å²) in [4.78, 5) is 135. The average Bonchev–Trinajstić information content (AvgIpc) is 1.57. The molecule has 5 aromatic carbocycles. The fraction of sp³-hybridized carbons (Fsp3) is 0.486. The first-order valence-electron chi connectivity index (χ1n) is 35.5. The zero-order valence-corrected chi connectivity index (χ0v) is 64.1. The number of nitrogens with zero attached hydrogens (tertiary/aromatic N) is 4. The number of anilines is 3. The number of ether oxygens (including phenoxy) is 9. The first-order chi connectivity index (χ1) is 52.0. The number of carbonyl (C=O) groups excluding carboxylic acids is 8. The number of carbonyl (C=O) groups is 8. The van der Waals surface area contributed by atoms with Crippen molar-refractivity contribution in [2.45, 2.75) is 64.0 Å². The Labute approximate surface area is 640 Å². The number of methoxy groups -OCH3 is 1. The van der Waals surface area contributed by atoms with E-state index in [0.29, 0.717) is 117 Å². The van der Waals surface area contributed by atoms with Crippen LogP contribution in [0.15, 0.2) is 97.1 Å². The summed E-state index contributed by atoms with van der Waals surface area (Å²) in [5.41, 5.74) is 13.9. The van der Waals surface area contributed by atoms with Gasteiger partial charge >= 0.3 is 26.0 Å². The van der Waals surface area contributed by atoms with Gasteiger partial charge in [-0.25, -0.2) is 18.9 Å². The molecule has 9 N–H and O–H groups in total. The van der Waals surface area contributed by atoms with E-state index in [1.807, 2.05) is 12.1 Å². The van der Waals surface area contributed by atoms with Gasteiger partial charge in [-0.1, -0.05) is 74.5 Å². The topological polar surface area (TPSA) is 387 Å². The van der Waals surface area contributed by atoms with Gasteiger partial charge in [0.15, 0.2) is 5.78 Å². The van der Waals surface area contributed by atoms with Crippen molar-refractivity contribution < 1.29 is 99.9 Å². The fourth-order valence-corrected chi connectivity index (χ4v) is 14.2. The molecule has 0 saturated heterocycles. The third-order valence-electron chi connectivity index (χ3n) is 17.8. The summed E-state index contributed by atoms with van der Waals surface area (Å²) in [5.74, 6) is -3.70. The summed E-state index contributed by atoms with van der Waals surface area (Å²) < 4.78 is 67.2. The number of hydrogen-bond donors (Lipinski definition) is 7. The molecule has 0 radical (unpaired) electrons. The number of halogens is 2. The standard InChI is InChI=1S/C74H96Cl2N9O21PS/c1-48(2)68(81-65(87)21-27-98-30-32-100-34-36-102-38-39-103-37-35-101-33-31-99-28-22-77)60(86)40-50(10-9-23-79-72(78)91)69(88)80-53-17-15-49(16-18-53)47-104-73(92)82(3)24-25-83(26-29-97-4)74(93)105-61-41-58-66(56-13-7-5-11-54(56)61)51(43-75)45-84(58)70(89)63-19-20-64(108-63)71(90)85-46-52(44-76)67-57-14-8-6-12-55(57)62(42-59(67)85)106-107(94,95)96/h5-8,11-20,41-42,48,50-52,68H,9-10,21-40,43-47,77H2,1-4H3,(H,80,88)(H,81,87)(H3,78,79,91)(H2,94,95,96)/t50-,51-,52-,68+/m1/s1. The fourth-order valence-electron chi connectivity index (χ4n) is 12.4. The number of Topliss-reactive ketones (excluding diaryl/α,β-unsaturated/α-hetero) is 1. The Morgan fingerprint density at radius 2 is 1.17 bits per heavy atom. The number of benzene rings is 5. The zero-order chi connectivity index (χ0) is 77.7. The molecule has 6 aromatic rings. The normalized spacial score (nSPS) is 14.5. The number of alkyl halides is 2. The Morgan fingerprint density at radius 1 is 0.657 bits per heavy atom. The molecule has 0 spiro atoms. The highest BCUT2D eigenvalue weighted by atomic mass is 35.5. The summed E-state index contributed by atoms with van der Waals surface area (Å²) in [6.45, 7) is 9.00. The maximum absolute atomic E-state index is 14.8. The van der Waals surface area contributed by atoms with Crippen LogP contribution in [0.1, 0.15) is 87.4 Å². The zero-order valence-electron chi connectivity index (χ0n) is 60.9. The van der Waals surface area contributed by atoms with E-state index in [9.17, 15) is 52.7 Å². The number of rotatable bonds is 46. The van der Waals surface area contributed by atoms with Gasteiger partial charge in [-0.2, -0.15) is 0 Å². The molecule has 2 aliphatic rings. The quantitative estimate of drug-likeness (QED) is 0.0107. The predicted molar refractivity (Wildman–Crippen MR) is 408 cm³/mol. The number of nitrogens with two attached hydrogens (primary N) is 2. The maximum Gasteiger partial charge on any atom is 0.524 e. The van der Waals surface area contributed by atoms with Crippen molar-refractivity contribution in [3.05, 3.63) is 124 Å². The van der Waals surface area contributed by atoms with Gasteiger partial charge in [0.2, 0.25) is 11.8 Å². The molecule has 3 heterocycles. The minimum Gasteiger partial charge on any atom is -0.445 e. The molecule has 0 fully saturated rings. The molecule has 30 nitrogen and oxygen atoms in total. The van der Waals surface area contributed by atoms with E-state index in [1.165, 1.54) is 34.9 Å². The van der Waals surface area contributed by atoms with Gasteiger partial charge in [0.05, 0.1) is 113 Å². The Hall–Kier alpha value is -8.11. The van der Waals surface area contributed by atoms with Crippen LogP contribution in [0.2, 0.25) is 0 Å². The van der Waals surface area contributed by atoms with E-state index in [1.54, 1.807) is 97.6 Å². The molecule has 2 aliphatic heterocycles. The number of phosphoric ester groups is 1. The molecule has 34 heteroatoms. The van der Waals surface area contributed by atoms with Crippen molar-refractivity contribution >= 4 is 129 Å². The van der Waals surface area contributed by atoms with Gasteiger partial charge < -0.3 is 94.2 Å². The Balaban J connectivity index is 0.813. The van der Waals surface area contributed by atoms with Crippen LogP contribution < -0.4 is 46.5 Å². The molecule has 0 bridgehead atoms. The molecule has 588 valence electrons. The van der Waals surface area contributed by atoms with E-state index in [-0.39, 0.29) is 148 Å². The highest BCUT2D eigenvalue weighted by Crippen LogP contribution is 2.50. The molecule has 1 aromatic heterocycles. The maximum atomic E-state index is 14.8. The number of nitrogens with one attached hydrogen (secondary N) is 3. The number of urea groups is 1. The predicted octanol–water partition coefficient (Wildman–Crippen LogP) is 8.76. The van der Waals surface area contributed by atoms with E-state index in [0.717, 1.165) is 22.5 Å². The van der Waals surface area contributed by atoms with Gasteiger partial charge in [0.25, 0.3) is 11.8 Å². The number of amides is 8. The van der Waals surface area contributed by atoms with E-state index >= 15 is 0 Å². The van der Waals surface area contributed by atoms with E-state index in [2.05, 4.69) is 16.0 Å². The smallest absolute Gasteiger partial charge is 0.445 e. The minimum absolute atomic E-state index is 0.0000261. The lowest BCUT2D eigenvalue weighted by molar-refractivity contribution is -0.131. The van der Waals surface area contributed by atoms with Crippen molar-refractivity contribution in [1.82, 2.24) is 20.4 Å². The van der Waals surface area contributed by atoms with Crippen molar-refractivity contribution in [2.24, 2.45) is 23.3 Å². The molecule has 0 saturated carbocycles. The van der Waals surface area contributed by atoms with Gasteiger partial charge in [-0.05, 0) is 70.5 Å². The van der Waals surface area contributed by atoms with Crippen LogP contribution in [0.4, 0.5) is 31.4 Å². The lowest BCUT2D eigenvalue weighted by Crippen LogP contribution is -2.45. The first kappa shape index (κ1) is 85.5. The average molecular weight is 1580 g/mol. The van der Waals surface area contributed by atoms with E-state index < -0.39 is 61.6 Å². The molecular weight excluding hydrogens is 1480 g/mol. The van der Waals surface area contributed by atoms with Crippen LogP contribution in [0.5, 0.6) is 11.5 Å². The molecule has 8 amide bonds. The van der Waals surface area contributed by atoms with Gasteiger partial charge in [-0.3, -0.25) is 33.8 Å². The number of likely N-dealkylation sites (N-methyl/N-ethyl adjacent to an activating group) is 1. The molecule has 108 heavy (non-hydrogen) atoms. The third-order valence-corrected chi connectivity index (χ3v) is 20.0. The largest absolute Gasteiger partial charge is 0.524 e. The monoisotopic (exact) mass is 1580 g/mol. The summed E-state index contributed by atoms with van der Waals surface area (Å²) in [6, 6.07) is 25.2. The minimum atomic E-state index is -5.02. The van der Waals surface area contributed by atoms with Crippen LogP contribution in [0.3, 0.4) is 0 Å². The number of ketones is 1. The molecular formula is C74H96Cl2N9O21PS. The number of primary amides is 1. The van der Waals surface area contributed by atoms with Gasteiger partial charge in [0, 0.05) is 131 Å². The highest BCUT2D eigenvalue weighted by molar-refractivity contribution is 7.46. The number of hydrogen-bond acceptors (Lipinski definition) is 21. The van der Waals surface area contributed by atoms with Crippen molar-refractivity contribution in [1.29, 1.82) is 0 Å². The second-order valence-electron chi connectivity index (χ2n) is 25.8. The van der Waals surface area contributed by atoms with Gasteiger partial charge in [0.1, 0.15) is 18.1 Å². The number of thiophene rings is 1. The summed E-state index contributed by atoms with van der Waals surface area (Å²) in [7, 11) is -2.03. The third kappa shape index (κ3) is 25.0. The first-order valence-corrected chi connectivity index (χ1v) is 38.9. The second kappa shape index (κ2) is 43.3. The van der Waals surface area contributed by atoms with Gasteiger partial charge in [-0.15, -0.1) is 34.5 Å². The summed E-state index contributed by atoms with van der Waals surface area (Å²) in [6.07, 6.45) is -1.21. The Bertz CT molecular complexity index is 4060. The molecule has 4 atom stereocenters. The summed E-state index contributed by atoms with van der Waals surface area (Å²) in [5, 5.41) is 10.5. The van der Waals surface area contributed by atoms with Crippen LogP contribution in [-0.2, 0) is 63.5 Å². The second-order valence-corrected chi connectivity index (χ2v) is 28.7.